The highest BCUT2D eigenvalue weighted by Gasteiger charge is 2.10. The Morgan fingerprint density at radius 2 is 1.72 bits per heavy atom. The normalized spacial score (nSPS) is 10.9. The van der Waals surface area contributed by atoms with Crippen LogP contribution in [0.1, 0.15) is 38.2 Å². The van der Waals surface area contributed by atoms with Crippen molar-refractivity contribution in [1.29, 1.82) is 0 Å². The largest absolute Gasteiger partial charge is 0.348 e. The van der Waals surface area contributed by atoms with E-state index in [-0.39, 0.29) is 18.0 Å². The number of hydrogen-bond acceptors (Lipinski definition) is 2. The summed E-state index contributed by atoms with van der Waals surface area (Å²) in [6.45, 7) is 8.21. The third-order valence-corrected chi connectivity index (χ3v) is 4.60. The maximum absolute atomic E-state index is 12.3. The number of rotatable bonds is 3. The summed E-state index contributed by atoms with van der Waals surface area (Å²) >= 11 is 0. The molecule has 1 heterocycles. The quantitative estimate of drug-likeness (QED) is 0.767. The molecule has 0 fully saturated rings. The molecule has 3 rings (SSSR count). The second-order valence-corrected chi connectivity index (χ2v) is 6.65. The number of aromatic nitrogens is 1. The standard InChI is InChI=1S/C21H22N2O2/c1-12-7-15(4)18-10-17(21(25)23-19(18)8-12)11-22-20(24)16-6-5-13(2)14(3)9-16/h5-10H,11H2,1-4H3,(H,22,24)(H,23,25). The number of H-pyrrole nitrogens is 1. The van der Waals surface area contributed by atoms with E-state index in [1.54, 1.807) is 6.07 Å². The van der Waals surface area contributed by atoms with Crippen molar-refractivity contribution < 1.29 is 4.79 Å². The molecule has 0 atom stereocenters. The number of pyridine rings is 1. The number of aryl methyl sites for hydroxylation is 4. The van der Waals surface area contributed by atoms with Crippen molar-refractivity contribution in [2.75, 3.05) is 0 Å². The van der Waals surface area contributed by atoms with E-state index in [9.17, 15) is 9.59 Å². The summed E-state index contributed by atoms with van der Waals surface area (Å²) < 4.78 is 0. The van der Waals surface area contributed by atoms with E-state index in [0.717, 1.165) is 33.2 Å². The summed E-state index contributed by atoms with van der Waals surface area (Å²) in [5, 5.41) is 3.84. The van der Waals surface area contributed by atoms with E-state index >= 15 is 0 Å². The Labute approximate surface area is 146 Å². The summed E-state index contributed by atoms with van der Waals surface area (Å²) in [7, 11) is 0. The van der Waals surface area contributed by atoms with E-state index in [0.29, 0.717) is 11.1 Å². The molecular formula is C21H22N2O2. The number of nitrogens with one attached hydrogen (secondary N) is 2. The molecule has 0 spiro atoms. The van der Waals surface area contributed by atoms with Crippen LogP contribution in [0, 0.1) is 27.7 Å². The Morgan fingerprint density at radius 3 is 2.44 bits per heavy atom. The summed E-state index contributed by atoms with van der Waals surface area (Å²) in [6, 6.07) is 11.5. The zero-order chi connectivity index (χ0) is 18.1. The van der Waals surface area contributed by atoms with Crippen LogP contribution in [0.4, 0.5) is 0 Å². The first-order valence-corrected chi connectivity index (χ1v) is 8.34. The minimum Gasteiger partial charge on any atom is -0.348 e. The molecule has 0 radical (unpaired) electrons. The summed E-state index contributed by atoms with van der Waals surface area (Å²) in [5.74, 6) is -0.178. The first-order valence-electron chi connectivity index (χ1n) is 8.34. The first-order chi connectivity index (χ1) is 11.8. The predicted octanol–water partition coefficient (Wildman–Crippen LogP) is 3.69. The number of amides is 1. The molecule has 3 aromatic rings. The molecule has 128 valence electrons. The van der Waals surface area contributed by atoms with Gasteiger partial charge in [0, 0.05) is 28.6 Å². The van der Waals surface area contributed by atoms with E-state index in [1.165, 1.54) is 0 Å². The number of carbonyl (C=O) groups excluding carboxylic acids is 1. The van der Waals surface area contributed by atoms with Gasteiger partial charge in [-0.05, 0) is 74.2 Å². The smallest absolute Gasteiger partial charge is 0.253 e. The fourth-order valence-electron chi connectivity index (χ4n) is 3.01. The van der Waals surface area contributed by atoms with Crippen LogP contribution in [0.5, 0.6) is 0 Å². The van der Waals surface area contributed by atoms with Crippen molar-refractivity contribution in [2.24, 2.45) is 0 Å². The second kappa shape index (κ2) is 6.55. The Balaban J connectivity index is 1.85. The zero-order valence-electron chi connectivity index (χ0n) is 15.0. The zero-order valence-corrected chi connectivity index (χ0v) is 15.0. The van der Waals surface area contributed by atoms with Gasteiger partial charge in [-0.2, -0.15) is 0 Å². The van der Waals surface area contributed by atoms with Crippen molar-refractivity contribution in [3.8, 4) is 0 Å². The van der Waals surface area contributed by atoms with Crippen LogP contribution < -0.4 is 10.9 Å². The lowest BCUT2D eigenvalue weighted by atomic mass is 10.0. The predicted molar refractivity (Wildman–Crippen MR) is 101 cm³/mol. The molecule has 0 saturated carbocycles. The number of carbonyl (C=O) groups is 1. The van der Waals surface area contributed by atoms with E-state index < -0.39 is 0 Å². The molecule has 2 aromatic carbocycles. The third kappa shape index (κ3) is 3.48. The Hall–Kier alpha value is -2.88. The van der Waals surface area contributed by atoms with Crippen LogP contribution in [0.2, 0.25) is 0 Å². The highest BCUT2D eigenvalue weighted by molar-refractivity contribution is 5.94. The number of aromatic amines is 1. The fraction of sp³-hybridized carbons (Fsp3) is 0.238. The SMILES string of the molecule is Cc1cc(C)c2cc(CNC(=O)c3ccc(C)c(C)c3)c(=O)[nH]c2c1. The van der Waals surface area contributed by atoms with Crippen LogP contribution >= 0.6 is 0 Å². The molecule has 2 N–H and O–H groups in total. The van der Waals surface area contributed by atoms with Gasteiger partial charge in [0.2, 0.25) is 0 Å². The van der Waals surface area contributed by atoms with Gasteiger partial charge in [0.1, 0.15) is 0 Å². The van der Waals surface area contributed by atoms with Crippen molar-refractivity contribution in [2.45, 2.75) is 34.2 Å². The molecule has 0 unspecified atom stereocenters. The molecule has 4 heteroatoms. The average Bonchev–Trinajstić information content (AvgIpc) is 2.55. The van der Waals surface area contributed by atoms with Gasteiger partial charge in [0.25, 0.3) is 11.5 Å². The fourth-order valence-corrected chi connectivity index (χ4v) is 3.01. The summed E-state index contributed by atoms with van der Waals surface area (Å²) in [5.41, 5.74) is 6.24. The molecule has 0 bridgehead atoms. The van der Waals surface area contributed by atoms with E-state index in [1.807, 2.05) is 52.0 Å². The van der Waals surface area contributed by atoms with Gasteiger partial charge in [0.05, 0.1) is 0 Å². The molecule has 0 aliphatic rings. The molecular weight excluding hydrogens is 312 g/mol. The lowest BCUT2D eigenvalue weighted by Crippen LogP contribution is -2.26. The monoisotopic (exact) mass is 334 g/mol. The maximum Gasteiger partial charge on any atom is 0.253 e. The molecule has 0 saturated heterocycles. The average molecular weight is 334 g/mol. The Kier molecular flexibility index (Phi) is 4.45. The molecule has 1 amide bonds. The molecule has 0 aliphatic heterocycles. The first kappa shape index (κ1) is 17.0. The molecule has 1 aromatic heterocycles. The minimum absolute atomic E-state index is 0.169. The Morgan fingerprint density at radius 1 is 0.960 bits per heavy atom. The minimum atomic E-state index is -0.178. The van der Waals surface area contributed by atoms with E-state index in [2.05, 4.69) is 16.4 Å². The van der Waals surface area contributed by atoms with Crippen LogP contribution in [-0.2, 0) is 6.54 Å². The van der Waals surface area contributed by atoms with Gasteiger partial charge in [-0.1, -0.05) is 12.1 Å². The third-order valence-electron chi connectivity index (χ3n) is 4.60. The highest BCUT2D eigenvalue weighted by atomic mass is 16.1. The topological polar surface area (TPSA) is 62.0 Å². The summed E-state index contributed by atoms with van der Waals surface area (Å²) in [4.78, 5) is 27.6. The highest BCUT2D eigenvalue weighted by Crippen LogP contribution is 2.18. The van der Waals surface area contributed by atoms with Crippen LogP contribution in [-0.4, -0.2) is 10.9 Å². The summed E-state index contributed by atoms with van der Waals surface area (Å²) in [6.07, 6.45) is 0. The van der Waals surface area contributed by atoms with Crippen LogP contribution in [0.25, 0.3) is 10.9 Å². The van der Waals surface area contributed by atoms with E-state index in [4.69, 9.17) is 0 Å². The number of hydrogen-bond donors (Lipinski definition) is 2. The van der Waals surface area contributed by atoms with Gasteiger partial charge < -0.3 is 10.3 Å². The number of benzene rings is 2. The molecule has 4 nitrogen and oxygen atoms in total. The number of fused-ring (bicyclic) bond motifs is 1. The molecule has 0 aliphatic carbocycles. The Bertz CT molecular complexity index is 1030. The van der Waals surface area contributed by atoms with Crippen molar-refractivity contribution in [1.82, 2.24) is 10.3 Å². The second-order valence-electron chi connectivity index (χ2n) is 6.65. The van der Waals surface area contributed by atoms with Crippen molar-refractivity contribution >= 4 is 16.8 Å². The van der Waals surface area contributed by atoms with Crippen LogP contribution in [0.15, 0.2) is 41.2 Å². The van der Waals surface area contributed by atoms with Gasteiger partial charge >= 0.3 is 0 Å². The van der Waals surface area contributed by atoms with Crippen LogP contribution in [0.3, 0.4) is 0 Å². The van der Waals surface area contributed by atoms with Crippen molar-refractivity contribution in [3.05, 3.63) is 80.1 Å². The lowest BCUT2D eigenvalue weighted by molar-refractivity contribution is 0.0950. The van der Waals surface area contributed by atoms with Crippen molar-refractivity contribution in [3.63, 3.8) is 0 Å². The van der Waals surface area contributed by atoms with Gasteiger partial charge in [-0.15, -0.1) is 0 Å². The van der Waals surface area contributed by atoms with Gasteiger partial charge in [-0.3, -0.25) is 9.59 Å². The lowest BCUT2D eigenvalue weighted by Gasteiger charge is -2.09. The van der Waals surface area contributed by atoms with Gasteiger partial charge in [-0.25, -0.2) is 0 Å². The van der Waals surface area contributed by atoms with Gasteiger partial charge in [0.15, 0.2) is 0 Å². The maximum atomic E-state index is 12.3. The molecule has 25 heavy (non-hydrogen) atoms.